The van der Waals surface area contributed by atoms with E-state index in [9.17, 15) is 18.0 Å². The van der Waals surface area contributed by atoms with E-state index in [0.29, 0.717) is 37.2 Å². The molecule has 0 spiro atoms. The number of carbonyl (C=O) groups excluding carboxylic acids is 2. The Bertz CT molecular complexity index is 1140. The van der Waals surface area contributed by atoms with Crippen LogP contribution in [0.3, 0.4) is 0 Å². The molecule has 0 bridgehead atoms. The van der Waals surface area contributed by atoms with Crippen molar-refractivity contribution in [2.24, 2.45) is 0 Å². The first kappa shape index (κ1) is 23.1. The van der Waals surface area contributed by atoms with Crippen LogP contribution < -0.4 is 4.90 Å². The SMILES string of the molecule is COC(=O)CN(C1CCCC1)S(=O)(=O)c1ccc(N2CC=C(Cc3cccnc3)C2=O)nc1. The number of anilines is 1. The Labute approximate surface area is 193 Å². The summed E-state index contributed by atoms with van der Waals surface area (Å²) in [6, 6.07) is 6.45. The van der Waals surface area contributed by atoms with Crippen molar-refractivity contribution in [3.8, 4) is 0 Å². The van der Waals surface area contributed by atoms with E-state index < -0.39 is 16.0 Å². The van der Waals surface area contributed by atoms with Crippen molar-refractivity contribution in [1.29, 1.82) is 0 Å². The van der Waals surface area contributed by atoms with Crippen LogP contribution in [0.1, 0.15) is 31.2 Å². The van der Waals surface area contributed by atoms with Gasteiger partial charge >= 0.3 is 5.97 Å². The number of aromatic nitrogens is 2. The Kier molecular flexibility index (Phi) is 6.85. The number of nitrogens with zero attached hydrogens (tertiary/aromatic N) is 4. The Morgan fingerprint density at radius 1 is 1.21 bits per heavy atom. The molecule has 0 saturated heterocycles. The molecule has 2 aromatic heterocycles. The van der Waals surface area contributed by atoms with Gasteiger partial charge in [0.2, 0.25) is 10.0 Å². The second kappa shape index (κ2) is 9.80. The molecule has 3 heterocycles. The summed E-state index contributed by atoms with van der Waals surface area (Å²) in [5.74, 6) is -0.401. The van der Waals surface area contributed by atoms with Gasteiger partial charge in [0.05, 0.1) is 7.11 Å². The molecule has 0 radical (unpaired) electrons. The number of ether oxygens (including phenoxy) is 1. The molecule has 2 aliphatic rings. The fraction of sp³-hybridized carbons (Fsp3) is 0.391. The average Bonchev–Trinajstić information content (AvgIpc) is 3.48. The maximum Gasteiger partial charge on any atom is 0.321 e. The quantitative estimate of drug-likeness (QED) is 0.544. The summed E-state index contributed by atoms with van der Waals surface area (Å²) in [7, 11) is -2.71. The van der Waals surface area contributed by atoms with E-state index in [1.807, 2.05) is 18.2 Å². The summed E-state index contributed by atoms with van der Waals surface area (Å²) in [6.07, 6.45) is 10.2. The number of sulfonamides is 1. The second-order valence-electron chi connectivity index (χ2n) is 8.10. The van der Waals surface area contributed by atoms with Gasteiger partial charge in [0.15, 0.2) is 0 Å². The number of methoxy groups -OCH3 is 1. The highest BCUT2D eigenvalue weighted by Gasteiger charge is 2.35. The highest BCUT2D eigenvalue weighted by atomic mass is 32.2. The van der Waals surface area contributed by atoms with E-state index >= 15 is 0 Å². The van der Waals surface area contributed by atoms with Gasteiger partial charge in [0, 0.05) is 43.2 Å². The molecule has 0 N–H and O–H groups in total. The smallest absolute Gasteiger partial charge is 0.321 e. The molecule has 174 valence electrons. The first-order valence-corrected chi connectivity index (χ1v) is 12.3. The molecule has 0 atom stereocenters. The Morgan fingerprint density at radius 2 is 2.00 bits per heavy atom. The lowest BCUT2D eigenvalue weighted by atomic mass is 10.1. The molecule has 0 unspecified atom stereocenters. The van der Waals surface area contributed by atoms with Crippen LogP contribution in [0.5, 0.6) is 0 Å². The standard InChI is InChI=1S/C23H26N4O5S/c1-32-22(28)16-27(19-6-2-3-7-19)33(30,31)20-8-9-21(25-15-20)26-12-10-18(23(26)29)13-17-5-4-11-24-14-17/h4-5,8-11,14-15,19H,2-3,6-7,12-13,16H2,1H3. The third-order valence-corrected chi connectivity index (χ3v) is 7.89. The van der Waals surface area contributed by atoms with Crippen LogP contribution in [0, 0.1) is 0 Å². The first-order chi connectivity index (χ1) is 15.9. The van der Waals surface area contributed by atoms with Crippen LogP contribution in [0.15, 0.2) is 59.4 Å². The van der Waals surface area contributed by atoms with E-state index in [4.69, 9.17) is 4.74 Å². The molecule has 1 fully saturated rings. The number of rotatable bonds is 8. The van der Waals surface area contributed by atoms with E-state index in [0.717, 1.165) is 18.4 Å². The Hall–Kier alpha value is -3.11. The van der Waals surface area contributed by atoms with Gasteiger partial charge in [-0.25, -0.2) is 13.4 Å². The third-order valence-electron chi connectivity index (χ3n) is 6.01. The summed E-state index contributed by atoms with van der Waals surface area (Å²) in [5.41, 5.74) is 1.58. The number of hydrogen-bond acceptors (Lipinski definition) is 7. The topological polar surface area (TPSA) is 110 Å². The Balaban J connectivity index is 1.50. The second-order valence-corrected chi connectivity index (χ2v) is 9.99. The molecule has 1 amide bonds. The maximum absolute atomic E-state index is 13.3. The van der Waals surface area contributed by atoms with Gasteiger partial charge in [-0.05, 0) is 36.6 Å². The molecular weight excluding hydrogens is 444 g/mol. The summed E-state index contributed by atoms with van der Waals surface area (Å²) < 4.78 is 32.5. The number of pyridine rings is 2. The van der Waals surface area contributed by atoms with E-state index in [1.54, 1.807) is 12.4 Å². The van der Waals surface area contributed by atoms with Gasteiger partial charge in [-0.2, -0.15) is 4.31 Å². The lowest BCUT2D eigenvalue weighted by Crippen LogP contribution is -2.42. The third kappa shape index (κ3) is 4.96. The van der Waals surface area contributed by atoms with Crippen molar-refractivity contribution < 1.29 is 22.7 Å². The van der Waals surface area contributed by atoms with Crippen LogP contribution in [-0.4, -0.2) is 60.8 Å². The van der Waals surface area contributed by atoms with Crippen molar-refractivity contribution in [3.05, 3.63) is 60.1 Å². The van der Waals surface area contributed by atoms with Crippen LogP contribution >= 0.6 is 0 Å². The molecule has 4 rings (SSSR count). The molecule has 9 nitrogen and oxygen atoms in total. The van der Waals surface area contributed by atoms with E-state index in [2.05, 4.69) is 9.97 Å². The molecule has 0 aromatic carbocycles. The highest BCUT2D eigenvalue weighted by molar-refractivity contribution is 7.89. The number of amides is 1. The van der Waals surface area contributed by atoms with Crippen LogP contribution in [0.4, 0.5) is 5.82 Å². The van der Waals surface area contributed by atoms with Gasteiger partial charge in [0.25, 0.3) is 5.91 Å². The van der Waals surface area contributed by atoms with E-state index in [1.165, 1.54) is 34.6 Å². The van der Waals surface area contributed by atoms with Gasteiger partial charge in [0.1, 0.15) is 17.3 Å². The zero-order chi connectivity index (χ0) is 23.4. The molecule has 1 aliphatic heterocycles. The van der Waals surface area contributed by atoms with Gasteiger partial charge in [-0.3, -0.25) is 19.5 Å². The van der Waals surface area contributed by atoms with Gasteiger partial charge in [-0.15, -0.1) is 0 Å². The minimum absolute atomic E-state index is 0.0164. The number of carbonyl (C=O) groups is 2. The predicted molar refractivity (Wildman–Crippen MR) is 121 cm³/mol. The van der Waals surface area contributed by atoms with Crippen LogP contribution in [-0.2, 0) is 30.8 Å². The summed E-state index contributed by atoms with van der Waals surface area (Å²) in [5, 5.41) is 0. The predicted octanol–water partition coefficient (Wildman–Crippen LogP) is 2.10. The van der Waals surface area contributed by atoms with Crippen molar-refractivity contribution in [1.82, 2.24) is 14.3 Å². The highest BCUT2D eigenvalue weighted by Crippen LogP contribution is 2.29. The summed E-state index contributed by atoms with van der Waals surface area (Å²) in [4.78, 5) is 34.6. The molecule has 1 saturated carbocycles. The Morgan fingerprint density at radius 3 is 2.64 bits per heavy atom. The largest absolute Gasteiger partial charge is 0.468 e. The van der Waals surface area contributed by atoms with Crippen LogP contribution in [0.2, 0.25) is 0 Å². The summed E-state index contributed by atoms with van der Waals surface area (Å²) in [6.45, 7) is 0.0293. The van der Waals surface area contributed by atoms with E-state index in [-0.39, 0.29) is 23.4 Å². The lowest BCUT2D eigenvalue weighted by molar-refractivity contribution is -0.141. The fourth-order valence-electron chi connectivity index (χ4n) is 4.23. The molecular formula is C23H26N4O5S. The lowest BCUT2D eigenvalue weighted by Gasteiger charge is -2.27. The van der Waals surface area contributed by atoms with Crippen molar-refractivity contribution in [2.45, 2.75) is 43.0 Å². The zero-order valence-corrected chi connectivity index (χ0v) is 19.2. The minimum atomic E-state index is -3.95. The minimum Gasteiger partial charge on any atom is -0.468 e. The molecule has 2 aromatic rings. The molecule has 33 heavy (non-hydrogen) atoms. The summed E-state index contributed by atoms with van der Waals surface area (Å²) >= 11 is 0. The van der Waals surface area contributed by atoms with Crippen molar-refractivity contribution in [3.63, 3.8) is 0 Å². The van der Waals surface area contributed by atoms with Gasteiger partial charge < -0.3 is 4.74 Å². The zero-order valence-electron chi connectivity index (χ0n) is 18.4. The first-order valence-electron chi connectivity index (χ1n) is 10.8. The van der Waals surface area contributed by atoms with Crippen molar-refractivity contribution in [2.75, 3.05) is 25.1 Å². The fourth-order valence-corrected chi connectivity index (χ4v) is 5.80. The van der Waals surface area contributed by atoms with Gasteiger partial charge in [-0.1, -0.05) is 25.0 Å². The monoisotopic (exact) mass is 470 g/mol. The maximum atomic E-state index is 13.3. The normalized spacial score (nSPS) is 17.0. The molecule has 10 heteroatoms. The van der Waals surface area contributed by atoms with Crippen molar-refractivity contribution >= 4 is 27.7 Å². The average molecular weight is 471 g/mol. The number of hydrogen-bond donors (Lipinski definition) is 0. The number of esters is 1. The van der Waals surface area contributed by atoms with Crippen LogP contribution in [0.25, 0.3) is 0 Å². The molecule has 1 aliphatic carbocycles.